The third-order valence-corrected chi connectivity index (χ3v) is 2.85. The molecule has 0 aromatic heterocycles. The maximum Gasteiger partial charge on any atom is 0.140 e. The highest BCUT2D eigenvalue weighted by Crippen LogP contribution is 1.88. The van der Waals surface area contributed by atoms with Crippen LogP contribution in [0.2, 0.25) is 0 Å². The molecule has 0 atom stereocenters. The fourth-order valence-electron chi connectivity index (χ4n) is 1.65. The minimum atomic E-state index is 0.707. The third kappa shape index (κ3) is 1.34. The molecule has 0 saturated carbocycles. The molecule has 1 aromatic carbocycles. The van der Waals surface area contributed by atoms with Gasteiger partial charge >= 0.3 is 0 Å². The molecular formula is C8H8B4N2. The van der Waals surface area contributed by atoms with Crippen molar-refractivity contribution < 1.29 is 0 Å². The fraction of sp³-hybridized carbons (Fsp3) is 0. The molecule has 0 N–H and O–H groups in total. The summed E-state index contributed by atoms with van der Waals surface area (Å²) in [5.41, 5.74) is 5.11. The molecule has 0 aliphatic heterocycles. The summed E-state index contributed by atoms with van der Waals surface area (Å²) >= 11 is 0. The van der Waals surface area contributed by atoms with Crippen LogP contribution in [0.15, 0.2) is 0 Å². The van der Waals surface area contributed by atoms with Gasteiger partial charge in [0.2, 0.25) is 0 Å². The summed E-state index contributed by atoms with van der Waals surface area (Å²) in [7, 11) is 7.56. The number of benzene rings is 1. The van der Waals surface area contributed by atoms with Crippen molar-refractivity contribution in [2.45, 2.75) is 0 Å². The molecule has 14 heavy (non-hydrogen) atoms. The van der Waals surface area contributed by atoms with Crippen LogP contribution in [0.1, 0.15) is 11.1 Å². The van der Waals surface area contributed by atoms with Gasteiger partial charge in [0.1, 0.15) is 31.4 Å². The molecule has 0 aliphatic carbocycles. The third-order valence-electron chi connectivity index (χ3n) is 2.85. The SMILES string of the molecule is Bc1c(B)c(C#N)c(B)c(B)c1C#N. The Balaban J connectivity index is 3.77. The maximum absolute atomic E-state index is 8.98. The normalized spacial score (nSPS) is 9.00. The van der Waals surface area contributed by atoms with Crippen molar-refractivity contribution in [2.24, 2.45) is 0 Å². The van der Waals surface area contributed by atoms with Gasteiger partial charge in [0.05, 0.1) is 12.1 Å². The van der Waals surface area contributed by atoms with Gasteiger partial charge in [0.25, 0.3) is 0 Å². The van der Waals surface area contributed by atoms with Crippen LogP contribution in [-0.2, 0) is 0 Å². The Bertz CT molecular complexity index is 408. The lowest BCUT2D eigenvalue weighted by atomic mass is 9.65. The number of nitrogens with zero attached hydrogens (tertiary/aromatic N) is 2. The maximum atomic E-state index is 8.98. The lowest BCUT2D eigenvalue weighted by Gasteiger charge is -2.13. The molecule has 1 rings (SSSR count). The standard InChI is InChI=1S/C8H8B4N2/c9-5-3(1-13)6(10)8(12)4(2-14)7(5)11/h9-12H2. The van der Waals surface area contributed by atoms with E-state index in [4.69, 9.17) is 10.5 Å². The van der Waals surface area contributed by atoms with E-state index in [1.165, 1.54) is 0 Å². The molecule has 0 unspecified atom stereocenters. The van der Waals surface area contributed by atoms with Gasteiger partial charge < -0.3 is 0 Å². The zero-order valence-corrected chi connectivity index (χ0v) is 8.89. The first-order chi connectivity index (χ1) is 6.54. The monoisotopic (exact) mass is 176 g/mol. The predicted molar refractivity (Wildman–Crippen MR) is 68.6 cm³/mol. The van der Waals surface area contributed by atoms with Crippen LogP contribution in [0.5, 0.6) is 0 Å². The van der Waals surface area contributed by atoms with Crippen LogP contribution in [-0.4, -0.2) is 31.4 Å². The summed E-state index contributed by atoms with van der Waals surface area (Å²) in [6.45, 7) is 0. The van der Waals surface area contributed by atoms with E-state index in [9.17, 15) is 0 Å². The van der Waals surface area contributed by atoms with E-state index in [1.54, 1.807) is 0 Å². The zero-order valence-electron chi connectivity index (χ0n) is 8.89. The first kappa shape index (κ1) is 10.5. The van der Waals surface area contributed by atoms with Crippen molar-refractivity contribution in [3.63, 3.8) is 0 Å². The molecule has 0 aliphatic rings. The van der Waals surface area contributed by atoms with Crippen LogP contribution in [0, 0.1) is 22.7 Å². The first-order valence-electron chi connectivity index (χ1n) is 4.45. The largest absolute Gasteiger partial charge is 0.192 e. The molecule has 62 valence electrons. The summed E-state index contributed by atoms with van der Waals surface area (Å²) in [6, 6.07) is 4.37. The van der Waals surface area contributed by atoms with Crippen LogP contribution in [0.4, 0.5) is 0 Å². The molecule has 6 heteroatoms. The Hall–Kier alpha value is -1.54. The second-order valence-corrected chi connectivity index (χ2v) is 3.47. The minimum absolute atomic E-state index is 0.707. The molecule has 0 fully saturated rings. The van der Waals surface area contributed by atoms with Crippen molar-refractivity contribution in [3.8, 4) is 12.1 Å². The highest BCUT2D eigenvalue weighted by molar-refractivity contribution is 6.58. The van der Waals surface area contributed by atoms with E-state index in [2.05, 4.69) is 12.1 Å². The Morgan fingerprint density at radius 2 is 0.857 bits per heavy atom. The smallest absolute Gasteiger partial charge is 0.140 e. The summed E-state index contributed by atoms with van der Waals surface area (Å²) in [5.74, 6) is 0. The van der Waals surface area contributed by atoms with Crippen LogP contribution < -0.4 is 21.9 Å². The van der Waals surface area contributed by atoms with Crippen LogP contribution in [0.3, 0.4) is 0 Å². The van der Waals surface area contributed by atoms with Crippen molar-refractivity contribution in [1.29, 1.82) is 10.5 Å². The van der Waals surface area contributed by atoms with Crippen LogP contribution in [0.25, 0.3) is 0 Å². The lowest BCUT2D eigenvalue weighted by molar-refractivity contribution is 1.50. The van der Waals surface area contributed by atoms with Crippen molar-refractivity contribution in [3.05, 3.63) is 11.1 Å². The zero-order chi connectivity index (χ0) is 10.9. The number of hydrogen-bond acceptors (Lipinski definition) is 2. The summed E-state index contributed by atoms with van der Waals surface area (Å²) in [4.78, 5) is 0. The predicted octanol–water partition coefficient (Wildman–Crippen LogP) is -5.54. The Kier molecular flexibility index (Phi) is 2.77. The van der Waals surface area contributed by atoms with Crippen molar-refractivity contribution in [1.82, 2.24) is 0 Å². The Morgan fingerprint density at radius 3 is 1.00 bits per heavy atom. The van der Waals surface area contributed by atoms with Gasteiger partial charge in [-0.05, 0) is 0 Å². The van der Waals surface area contributed by atoms with E-state index in [0.29, 0.717) is 11.1 Å². The van der Waals surface area contributed by atoms with Crippen molar-refractivity contribution in [2.75, 3.05) is 0 Å². The molecule has 0 bridgehead atoms. The van der Waals surface area contributed by atoms with Crippen molar-refractivity contribution >= 4 is 53.2 Å². The van der Waals surface area contributed by atoms with Gasteiger partial charge in [-0.25, -0.2) is 0 Å². The second-order valence-electron chi connectivity index (χ2n) is 3.47. The molecule has 0 heterocycles. The van der Waals surface area contributed by atoms with Gasteiger partial charge in [-0.1, -0.05) is 21.9 Å². The summed E-state index contributed by atoms with van der Waals surface area (Å²) < 4.78 is 0. The number of nitriles is 2. The molecule has 0 spiro atoms. The van der Waals surface area contributed by atoms with E-state index in [-0.39, 0.29) is 0 Å². The molecule has 2 nitrogen and oxygen atoms in total. The van der Waals surface area contributed by atoms with Gasteiger partial charge in [-0.2, -0.15) is 10.5 Å². The molecule has 0 saturated heterocycles. The first-order valence-corrected chi connectivity index (χ1v) is 4.45. The highest BCUT2D eigenvalue weighted by atomic mass is 14.3. The highest BCUT2D eigenvalue weighted by Gasteiger charge is 2.12. The molecule has 1 aromatic rings. The van der Waals surface area contributed by atoms with E-state index in [1.807, 2.05) is 31.4 Å². The average molecular weight is 175 g/mol. The Morgan fingerprint density at radius 1 is 0.643 bits per heavy atom. The topological polar surface area (TPSA) is 47.6 Å². The van der Waals surface area contributed by atoms with E-state index >= 15 is 0 Å². The summed E-state index contributed by atoms with van der Waals surface area (Å²) in [6.07, 6.45) is 0. The quantitative estimate of drug-likeness (QED) is 0.369. The molecule has 0 amide bonds. The van der Waals surface area contributed by atoms with Gasteiger partial charge in [0, 0.05) is 11.1 Å². The lowest BCUT2D eigenvalue weighted by Crippen LogP contribution is -2.46. The number of hydrogen-bond donors (Lipinski definition) is 0. The fourth-order valence-corrected chi connectivity index (χ4v) is 1.65. The second kappa shape index (κ2) is 3.68. The molecular weight excluding hydrogens is 167 g/mol. The van der Waals surface area contributed by atoms with Gasteiger partial charge in [-0.3, -0.25) is 0 Å². The molecule has 0 radical (unpaired) electrons. The number of rotatable bonds is 0. The van der Waals surface area contributed by atoms with Gasteiger partial charge in [0.15, 0.2) is 0 Å². The van der Waals surface area contributed by atoms with E-state index < -0.39 is 0 Å². The Labute approximate surface area is 87.6 Å². The average Bonchev–Trinajstić information content (AvgIpc) is 2.17. The van der Waals surface area contributed by atoms with E-state index in [0.717, 1.165) is 21.9 Å². The van der Waals surface area contributed by atoms with Gasteiger partial charge in [-0.15, -0.1) is 0 Å². The van der Waals surface area contributed by atoms with Crippen LogP contribution >= 0.6 is 0 Å². The summed E-state index contributed by atoms with van der Waals surface area (Å²) in [5, 5.41) is 18.0. The minimum Gasteiger partial charge on any atom is -0.192 e.